The normalized spacial score (nSPS) is 10.9. The van der Waals surface area contributed by atoms with Crippen LogP contribution in [-0.4, -0.2) is 14.5 Å². The Balaban J connectivity index is 1.39. The summed E-state index contributed by atoms with van der Waals surface area (Å²) in [6.07, 6.45) is 3.72. The average Bonchev–Trinajstić information content (AvgIpc) is 3.24. The molecule has 0 unspecified atom stereocenters. The maximum absolute atomic E-state index is 14.1. The molecule has 0 saturated carbocycles. The van der Waals surface area contributed by atoms with Gasteiger partial charge in [0.1, 0.15) is 5.69 Å². The maximum Gasteiger partial charge on any atom is 0.169 e. The third-order valence-corrected chi connectivity index (χ3v) is 5.26. The summed E-state index contributed by atoms with van der Waals surface area (Å²) in [6, 6.07) is 23.6. The number of rotatable bonds is 4. The van der Waals surface area contributed by atoms with Gasteiger partial charge in [0, 0.05) is 18.9 Å². The first-order chi connectivity index (χ1) is 15.6. The van der Waals surface area contributed by atoms with Crippen LogP contribution >= 0.6 is 0 Å². The maximum atomic E-state index is 14.1. The minimum Gasteiger partial charge on any atom is -0.348 e. The van der Waals surface area contributed by atoms with Gasteiger partial charge in [-0.2, -0.15) is 5.26 Å². The van der Waals surface area contributed by atoms with Crippen molar-refractivity contribution < 1.29 is 8.78 Å². The Morgan fingerprint density at radius 2 is 1.62 bits per heavy atom. The number of pyridine rings is 1. The smallest absolute Gasteiger partial charge is 0.169 e. The Bertz CT molecular complexity index is 1430. The van der Waals surface area contributed by atoms with E-state index in [1.165, 1.54) is 12.1 Å². The molecule has 2 heterocycles. The number of benzene rings is 3. The highest BCUT2D eigenvalue weighted by molar-refractivity contribution is 5.67. The molecule has 32 heavy (non-hydrogen) atoms. The van der Waals surface area contributed by atoms with Crippen molar-refractivity contribution in [1.82, 2.24) is 14.5 Å². The van der Waals surface area contributed by atoms with E-state index in [1.807, 2.05) is 65.5 Å². The fraction of sp³-hybridized carbons (Fsp3) is 0.0385. The van der Waals surface area contributed by atoms with Crippen LogP contribution < -0.4 is 0 Å². The van der Waals surface area contributed by atoms with Gasteiger partial charge in [0.05, 0.1) is 22.9 Å². The first-order valence-corrected chi connectivity index (χ1v) is 9.98. The molecule has 5 rings (SSSR count). The lowest BCUT2D eigenvalue weighted by molar-refractivity contribution is 0.510. The van der Waals surface area contributed by atoms with Crippen molar-refractivity contribution in [3.63, 3.8) is 0 Å². The van der Waals surface area contributed by atoms with Crippen molar-refractivity contribution in [3.05, 3.63) is 108 Å². The van der Waals surface area contributed by atoms with Crippen LogP contribution in [0, 0.1) is 23.0 Å². The van der Waals surface area contributed by atoms with Crippen molar-refractivity contribution in [1.29, 1.82) is 5.26 Å². The Morgan fingerprint density at radius 3 is 2.44 bits per heavy atom. The van der Waals surface area contributed by atoms with Crippen LogP contribution in [0.2, 0.25) is 0 Å². The molecule has 0 N–H and O–H groups in total. The van der Waals surface area contributed by atoms with Crippen molar-refractivity contribution in [3.8, 4) is 40.0 Å². The number of nitrogens with zero attached hydrogens (tertiary/aromatic N) is 4. The summed E-state index contributed by atoms with van der Waals surface area (Å²) >= 11 is 0. The van der Waals surface area contributed by atoms with Crippen molar-refractivity contribution in [2.45, 2.75) is 6.54 Å². The molecule has 3 aromatic rings. The predicted molar refractivity (Wildman–Crippen MR) is 118 cm³/mol. The zero-order valence-electron chi connectivity index (χ0n) is 16.8. The zero-order chi connectivity index (χ0) is 22.1. The Hall–Kier alpha value is -4.37. The van der Waals surface area contributed by atoms with E-state index in [9.17, 15) is 8.78 Å². The largest absolute Gasteiger partial charge is 0.348 e. The van der Waals surface area contributed by atoms with E-state index in [1.54, 1.807) is 6.07 Å². The van der Waals surface area contributed by atoms with Crippen molar-refractivity contribution in [2.75, 3.05) is 0 Å². The summed E-state index contributed by atoms with van der Waals surface area (Å²) in [7, 11) is 0. The highest BCUT2D eigenvalue weighted by Crippen LogP contribution is 2.28. The molecular weight excluding hydrogens is 406 g/mol. The third kappa shape index (κ3) is 3.72. The number of halogens is 2. The fourth-order valence-corrected chi connectivity index (χ4v) is 3.63. The molecule has 2 aliphatic heterocycles. The molecule has 0 saturated heterocycles. The third-order valence-electron chi connectivity index (χ3n) is 5.26. The lowest BCUT2D eigenvalue weighted by atomic mass is 10.0. The van der Waals surface area contributed by atoms with Gasteiger partial charge in [-0.25, -0.2) is 18.7 Å². The topological polar surface area (TPSA) is 54.5 Å². The van der Waals surface area contributed by atoms with E-state index in [4.69, 9.17) is 5.26 Å². The Kier molecular flexibility index (Phi) is 4.92. The van der Waals surface area contributed by atoms with Crippen LogP contribution in [0.15, 0.2) is 85.2 Å². The van der Waals surface area contributed by atoms with Crippen LogP contribution in [0.4, 0.5) is 8.78 Å². The molecule has 6 heteroatoms. The molecule has 0 amide bonds. The number of hydrogen-bond acceptors (Lipinski definition) is 3. The van der Waals surface area contributed by atoms with Gasteiger partial charge in [0.2, 0.25) is 0 Å². The summed E-state index contributed by atoms with van der Waals surface area (Å²) in [5, 5.41) is 9.09. The van der Waals surface area contributed by atoms with Crippen LogP contribution in [0.1, 0.15) is 11.1 Å². The molecule has 3 aromatic carbocycles. The van der Waals surface area contributed by atoms with E-state index < -0.39 is 11.6 Å². The summed E-state index contributed by atoms with van der Waals surface area (Å²) in [6.45, 7) is 0.616. The van der Waals surface area contributed by atoms with Crippen molar-refractivity contribution in [2.24, 2.45) is 0 Å². The molecule has 0 fully saturated rings. The van der Waals surface area contributed by atoms with Gasteiger partial charge in [-0.3, -0.25) is 0 Å². The summed E-state index contributed by atoms with van der Waals surface area (Å²) in [4.78, 5) is 8.73. The van der Waals surface area contributed by atoms with Gasteiger partial charge in [0.15, 0.2) is 17.5 Å². The van der Waals surface area contributed by atoms with E-state index in [0.29, 0.717) is 23.5 Å². The van der Waals surface area contributed by atoms with E-state index in [0.717, 1.165) is 22.8 Å². The molecule has 0 bridgehead atoms. The van der Waals surface area contributed by atoms with Gasteiger partial charge in [0.25, 0.3) is 0 Å². The molecular formula is C26H16F2N4. The molecule has 0 aromatic heterocycles. The second kappa shape index (κ2) is 8.05. The molecule has 0 aliphatic carbocycles. The zero-order valence-corrected chi connectivity index (χ0v) is 16.8. The first kappa shape index (κ1) is 19.6. The summed E-state index contributed by atoms with van der Waals surface area (Å²) in [5.74, 6) is -1.70. The lowest BCUT2D eigenvalue weighted by Crippen LogP contribution is -2.00. The number of hydrogen-bond donors (Lipinski definition) is 0. The van der Waals surface area contributed by atoms with Crippen molar-refractivity contribution >= 4 is 0 Å². The minimum atomic E-state index is -0.948. The monoisotopic (exact) mass is 422 g/mol. The standard InChI is InChI=1S/C26H16F2N4/c27-22-6-2-5-21(25(22)28)26-30-23-11-12-32(16-24(23)31-26)15-17-7-9-19(10-8-17)20-4-1-3-18(13-20)14-29/h1-13,16H,15H2. The van der Waals surface area contributed by atoms with Crippen LogP contribution in [0.5, 0.6) is 0 Å². The van der Waals surface area contributed by atoms with Gasteiger partial charge in [-0.1, -0.05) is 42.5 Å². The molecule has 0 spiro atoms. The SMILES string of the molecule is N#Cc1cccc(-c2ccc(Cn3ccc4nc(-c5cccc(F)c5F)nc-4c3)cc2)c1. The lowest BCUT2D eigenvalue weighted by Gasteiger charge is -2.09. The van der Waals surface area contributed by atoms with Gasteiger partial charge < -0.3 is 4.57 Å². The molecule has 0 radical (unpaired) electrons. The summed E-state index contributed by atoms with van der Waals surface area (Å²) < 4.78 is 29.6. The van der Waals surface area contributed by atoms with E-state index >= 15 is 0 Å². The number of fused-ring (bicyclic) bond motifs is 1. The number of aromatic nitrogens is 3. The van der Waals surface area contributed by atoms with Crippen LogP contribution in [0.25, 0.3) is 33.9 Å². The van der Waals surface area contributed by atoms with Crippen LogP contribution in [0.3, 0.4) is 0 Å². The highest BCUT2D eigenvalue weighted by atomic mass is 19.2. The second-order valence-corrected chi connectivity index (χ2v) is 7.43. The quantitative estimate of drug-likeness (QED) is 0.362. The minimum absolute atomic E-state index is 0.0452. The van der Waals surface area contributed by atoms with Crippen LogP contribution in [-0.2, 0) is 6.54 Å². The molecule has 2 aliphatic rings. The number of nitriles is 1. The fourth-order valence-electron chi connectivity index (χ4n) is 3.63. The molecule has 4 nitrogen and oxygen atoms in total. The van der Waals surface area contributed by atoms with Gasteiger partial charge >= 0.3 is 0 Å². The summed E-state index contributed by atoms with van der Waals surface area (Å²) in [5.41, 5.74) is 5.02. The highest BCUT2D eigenvalue weighted by Gasteiger charge is 2.17. The van der Waals surface area contributed by atoms with Gasteiger partial charge in [-0.15, -0.1) is 0 Å². The molecule has 0 atom stereocenters. The van der Waals surface area contributed by atoms with E-state index in [2.05, 4.69) is 16.0 Å². The number of imidazole rings is 1. The second-order valence-electron chi connectivity index (χ2n) is 7.43. The van der Waals surface area contributed by atoms with E-state index in [-0.39, 0.29) is 11.4 Å². The average molecular weight is 422 g/mol. The predicted octanol–water partition coefficient (Wildman–Crippen LogP) is 5.92. The Labute approximate surface area is 183 Å². The molecule has 154 valence electrons. The van der Waals surface area contributed by atoms with Gasteiger partial charge in [-0.05, 0) is 47.0 Å². The first-order valence-electron chi connectivity index (χ1n) is 9.98. The Morgan fingerprint density at radius 1 is 0.844 bits per heavy atom.